The van der Waals surface area contributed by atoms with Gasteiger partial charge in [0.15, 0.2) is 0 Å². The van der Waals surface area contributed by atoms with E-state index in [1.807, 2.05) is 13.0 Å². The van der Waals surface area contributed by atoms with Gasteiger partial charge in [0.2, 0.25) is 0 Å². The lowest BCUT2D eigenvalue weighted by Crippen LogP contribution is -2.25. The summed E-state index contributed by atoms with van der Waals surface area (Å²) in [7, 11) is 0. The summed E-state index contributed by atoms with van der Waals surface area (Å²) in [5.74, 6) is -0.349. The molecule has 1 aromatic rings. The molecule has 0 bridgehead atoms. The summed E-state index contributed by atoms with van der Waals surface area (Å²) in [6, 6.07) is 5.35. The summed E-state index contributed by atoms with van der Waals surface area (Å²) in [6.07, 6.45) is 0.678. The number of hydrogen-bond acceptors (Lipinski definition) is 3. The van der Waals surface area contributed by atoms with Gasteiger partial charge < -0.3 is 10.2 Å². The van der Waals surface area contributed by atoms with Crippen LogP contribution >= 0.6 is 11.8 Å². The van der Waals surface area contributed by atoms with Crippen LogP contribution in [0.15, 0.2) is 23.1 Å². The minimum atomic E-state index is -0.910. The molecule has 0 aliphatic carbocycles. The molecule has 94 valence electrons. The van der Waals surface area contributed by atoms with Crippen LogP contribution in [0.4, 0.5) is 0 Å². The van der Waals surface area contributed by atoms with Crippen molar-refractivity contribution in [1.82, 2.24) is 0 Å². The van der Waals surface area contributed by atoms with Crippen molar-refractivity contribution in [2.75, 3.05) is 5.75 Å². The molecule has 0 radical (unpaired) electrons. The number of carbonyl (C=O) groups is 1. The number of carboxylic acids is 1. The number of rotatable bonds is 5. The lowest BCUT2D eigenvalue weighted by atomic mass is 10.1. The molecule has 0 amide bonds. The molecule has 1 rings (SSSR count). The maximum atomic E-state index is 11.0. The van der Waals surface area contributed by atoms with Crippen LogP contribution in [0.2, 0.25) is 0 Å². The van der Waals surface area contributed by atoms with E-state index in [1.54, 1.807) is 26.0 Å². The molecule has 0 aromatic heterocycles. The first-order valence-electron chi connectivity index (χ1n) is 5.55. The maximum Gasteiger partial charge on any atom is 0.335 e. The third kappa shape index (κ3) is 4.06. The molecule has 0 saturated heterocycles. The van der Waals surface area contributed by atoms with Crippen LogP contribution in [-0.2, 0) is 0 Å². The summed E-state index contributed by atoms with van der Waals surface area (Å²) in [6.45, 7) is 5.49. The van der Waals surface area contributed by atoms with Crippen LogP contribution in [0.1, 0.15) is 36.2 Å². The zero-order chi connectivity index (χ0) is 13.1. The van der Waals surface area contributed by atoms with E-state index in [0.29, 0.717) is 17.7 Å². The first-order chi connectivity index (χ1) is 7.85. The fraction of sp³-hybridized carbons (Fsp3) is 0.462. The highest BCUT2D eigenvalue weighted by atomic mass is 32.2. The zero-order valence-electron chi connectivity index (χ0n) is 10.4. The van der Waals surface area contributed by atoms with Gasteiger partial charge >= 0.3 is 5.97 Å². The molecular weight excluding hydrogens is 236 g/mol. The Kier molecular flexibility index (Phi) is 4.60. The SMILES string of the molecule is CCC(C)(O)CSc1ccc(C)c(C(=O)O)c1. The fourth-order valence-electron chi connectivity index (χ4n) is 1.26. The first-order valence-corrected chi connectivity index (χ1v) is 6.53. The van der Waals surface area contributed by atoms with Gasteiger partial charge in [-0.15, -0.1) is 11.8 Å². The highest BCUT2D eigenvalue weighted by Gasteiger charge is 2.18. The Morgan fingerprint density at radius 1 is 1.47 bits per heavy atom. The van der Waals surface area contributed by atoms with Gasteiger partial charge in [-0.2, -0.15) is 0 Å². The Balaban J connectivity index is 2.80. The van der Waals surface area contributed by atoms with Crippen molar-refractivity contribution in [3.05, 3.63) is 29.3 Å². The number of thioether (sulfide) groups is 1. The summed E-state index contributed by atoms with van der Waals surface area (Å²) in [5.41, 5.74) is 0.370. The van der Waals surface area contributed by atoms with E-state index in [2.05, 4.69) is 0 Å². The second-order valence-corrected chi connectivity index (χ2v) is 5.47. The van der Waals surface area contributed by atoms with E-state index in [1.165, 1.54) is 11.8 Å². The third-order valence-corrected chi connectivity index (χ3v) is 4.10. The predicted molar refractivity (Wildman–Crippen MR) is 69.8 cm³/mol. The molecule has 0 fully saturated rings. The third-order valence-electron chi connectivity index (χ3n) is 2.75. The van der Waals surface area contributed by atoms with Crippen molar-refractivity contribution in [1.29, 1.82) is 0 Å². The number of aryl methyl sites for hydroxylation is 1. The van der Waals surface area contributed by atoms with Gasteiger partial charge in [0.05, 0.1) is 11.2 Å². The topological polar surface area (TPSA) is 57.5 Å². The van der Waals surface area contributed by atoms with Gasteiger partial charge in [-0.1, -0.05) is 13.0 Å². The summed E-state index contributed by atoms with van der Waals surface area (Å²) < 4.78 is 0. The standard InChI is InChI=1S/C13H18O3S/c1-4-13(3,16)8-17-10-6-5-9(2)11(7-10)12(14)15/h5-7,16H,4,8H2,1-3H3,(H,14,15). The van der Waals surface area contributed by atoms with Crippen LogP contribution in [0.3, 0.4) is 0 Å². The second kappa shape index (κ2) is 5.56. The van der Waals surface area contributed by atoms with Crippen LogP contribution < -0.4 is 0 Å². The minimum absolute atomic E-state index is 0.325. The van der Waals surface area contributed by atoms with Gasteiger partial charge in [-0.05, 0) is 38.0 Å². The highest BCUT2D eigenvalue weighted by Crippen LogP contribution is 2.26. The van der Waals surface area contributed by atoms with Crippen molar-refractivity contribution in [2.24, 2.45) is 0 Å². The average molecular weight is 254 g/mol. The van der Waals surface area contributed by atoms with E-state index in [9.17, 15) is 9.90 Å². The highest BCUT2D eigenvalue weighted by molar-refractivity contribution is 7.99. The largest absolute Gasteiger partial charge is 0.478 e. The molecule has 0 aliphatic rings. The number of benzene rings is 1. The average Bonchev–Trinajstić information content (AvgIpc) is 2.27. The van der Waals surface area contributed by atoms with Crippen molar-refractivity contribution in [3.63, 3.8) is 0 Å². The van der Waals surface area contributed by atoms with Crippen LogP contribution in [0.5, 0.6) is 0 Å². The smallest absolute Gasteiger partial charge is 0.335 e. The molecule has 17 heavy (non-hydrogen) atoms. The van der Waals surface area contributed by atoms with Gasteiger partial charge in [-0.3, -0.25) is 0 Å². The molecule has 4 heteroatoms. The molecular formula is C13H18O3S. The van der Waals surface area contributed by atoms with Gasteiger partial charge in [-0.25, -0.2) is 4.79 Å². The molecule has 2 N–H and O–H groups in total. The number of aromatic carboxylic acids is 1. The Bertz CT molecular complexity index is 413. The Morgan fingerprint density at radius 2 is 2.12 bits per heavy atom. The Morgan fingerprint density at radius 3 is 2.65 bits per heavy atom. The summed E-state index contributed by atoms with van der Waals surface area (Å²) in [5, 5.41) is 18.9. The van der Waals surface area contributed by atoms with Crippen molar-refractivity contribution in [2.45, 2.75) is 37.7 Å². The molecule has 0 saturated carbocycles. The van der Waals surface area contributed by atoms with E-state index in [4.69, 9.17) is 5.11 Å². The molecule has 3 nitrogen and oxygen atoms in total. The minimum Gasteiger partial charge on any atom is -0.478 e. The molecule has 0 spiro atoms. The molecule has 0 aliphatic heterocycles. The van der Waals surface area contributed by atoms with Crippen molar-refractivity contribution >= 4 is 17.7 Å². The van der Waals surface area contributed by atoms with E-state index >= 15 is 0 Å². The molecule has 1 atom stereocenters. The van der Waals surface area contributed by atoms with Crippen LogP contribution in [0, 0.1) is 6.92 Å². The number of carboxylic acid groups (broad SMARTS) is 1. The summed E-state index contributed by atoms with van der Waals surface area (Å²) >= 11 is 1.48. The molecule has 1 aromatic carbocycles. The van der Waals surface area contributed by atoms with E-state index in [-0.39, 0.29) is 0 Å². The predicted octanol–water partition coefficient (Wildman–Crippen LogP) is 2.95. The van der Waals surface area contributed by atoms with E-state index < -0.39 is 11.6 Å². The lowest BCUT2D eigenvalue weighted by Gasteiger charge is -2.20. The number of aliphatic hydroxyl groups is 1. The second-order valence-electron chi connectivity index (χ2n) is 4.42. The summed E-state index contributed by atoms with van der Waals surface area (Å²) in [4.78, 5) is 11.8. The lowest BCUT2D eigenvalue weighted by molar-refractivity contribution is 0.0695. The Labute approximate surface area is 106 Å². The van der Waals surface area contributed by atoms with Crippen molar-refractivity contribution < 1.29 is 15.0 Å². The molecule has 1 unspecified atom stereocenters. The maximum absolute atomic E-state index is 11.0. The van der Waals surface area contributed by atoms with E-state index in [0.717, 1.165) is 10.5 Å². The normalized spacial score (nSPS) is 14.4. The first kappa shape index (κ1) is 14.1. The number of hydrogen-bond donors (Lipinski definition) is 2. The zero-order valence-corrected chi connectivity index (χ0v) is 11.2. The fourth-order valence-corrected chi connectivity index (χ4v) is 2.31. The van der Waals surface area contributed by atoms with Crippen molar-refractivity contribution in [3.8, 4) is 0 Å². The quantitative estimate of drug-likeness (QED) is 0.793. The van der Waals surface area contributed by atoms with Gasteiger partial charge in [0.25, 0.3) is 0 Å². The molecule has 0 heterocycles. The van der Waals surface area contributed by atoms with Gasteiger partial charge in [0.1, 0.15) is 0 Å². The van der Waals surface area contributed by atoms with Crippen LogP contribution in [0.25, 0.3) is 0 Å². The van der Waals surface area contributed by atoms with Crippen LogP contribution in [-0.4, -0.2) is 27.5 Å². The van der Waals surface area contributed by atoms with Gasteiger partial charge in [0, 0.05) is 10.6 Å². The monoisotopic (exact) mass is 254 g/mol. The Hall–Kier alpha value is -1.00.